The molecule has 6 nitrogen and oxygen atoms in total. The van der Waals surface area contributed by atoms with Crippen molar-refractivity contribution < 1.29 is 13.2 Å². The highest BCUT2D eigenvalue weighted by Crippen LogP contribution is 2.32. The number of likely N-dealkylation sites (tertiary alicyclic amines) is 1. The van der Waals surface area contributed by atoms with E-state index in [0.717, 1.165) is 19.3 Å². The SMILES string of the molecule is CCCN1N=C(C(=O)N2CCCC2)S(=O)(=O)c2ccccc21. The van der Waals surface area contributed by atoms with Crippen LogP contribution in [0.5, 0.6) is 0 Å². The highest BCUT2D eigenvalue weighted by atomic mass is 32.2. The molecule has 0 unspecified atom stereocenters. The second kappa shape index (κ2) is 5.72. The molecule has 1 amide bonds. The van der Waals surface area contributed by atoms with E-state index in [4.69, 9.17) is 0 Å². The number of anilines is 1. The number of sulfone groups is 1. The van der Waals surface area contributed by atoms with Crippen LogP contribution in [0.1, 0.15) is 26.2 Å². The Hall–Kier alpha value is -1.89. The Bertz CT molecular complexity index is 721. The summed E-state index contributed by atoms with van der Waals surface area (Å²) >= 11 is 0. The molecule has 1 saturated heterocycles. The van der Waals surface area contributed by atoms with Crippen molar-refractivity contribution in [1.29, 1.82) is 0 Å². The Morgan fingerprint density at radius 2 is 1.91 bits per heavy atom. The maximum absolute atomic E-state index is 12.7. The van der Waals surface area contributed by atoms with Crippen molar-refractivity contribution in [3.8, 4) is 0 Å². The molecule has 0 bridgehead atoms. The third-order valence-electron chi connectivity index (χ3n) is 3.91. The van der Waals surface area contributed by atoms with E-state index in [9.17, 15) is 13.2 Å². The van der Waals surface area contributed by atoms with Crippen LogP contribution in [0.15, 0.2) is 34.3 Å². The lowest BCUT2D eigenvalue weighted by Crippen LogP contribution is -2.42. The fourth-order valence-corrected chi connectivity index (χ4v) is 4.29. The van der Waals surface area contributed by atoms with Crippen molar-refractivity contribution in [3.05, 3.63) is 24.3 Å². The van der Waals surface area contributed by atoms with Crippen molar-refractivity contribution >= 4 is 26.5 Å². The van der Waals surface area contributed by atoms with Gasteiger partial charge in [0.15, 0.2) is 0 Å². The minimum absolute atomic E-state index is 0.168. The van der Waals surface area contributed by atoms with Gasteiger partial charge in [-0.15, -0.1) is 0 Å². The van der Waals surface area contributed by atoms with Gasteiger partial charge in [0.1, 0.15) is 0 Å². The Morgan fingerprint density at radius 1 is 1.23 bits per heavy atom. The fraction of sp³-hybridized carbons (Fsp3) is 0.467. The first-order valence-corrected chi connectivity index (χ1v) is 9.03. The van der Waals surface area contributed by atoms with Gasteiger partial charge >= 0.3 is 0 Å². The van der Waals surface area contributed by atoms with Gasteiger partial charge in [-0.05, 0) is 31.4 Å². The van der Waals surface area contributed by atoms with E-state index in [2.05, 4.69) is 5.10 Å². The van der Waals surface area contributed by atoms with Crippen LogP contribution in [0, 0.1) is 0 Å². The van der Waals surface area contributed by atoms with Crippen LogP contribution in [0.25, 0.3) is 0 Å². The lowest BCUT2D eigenvalue weighted by atomic mass is 10.3. The van der Waals surface area contributed by atoms with Crippen molar-refractivity contribution in [3.63, 3.8) is 0 Å². The number of rotatable bonds is 3. The average Bonchev–Trinajstić information content (AvgIpc) is 3.04. The maximum Gasteiger partial charge on any atom is 0.286 e. The molecule has 2 heterocycles. The first kappa shape index (κ1) is 15.0. The molecule has 0 saturated carbocycles. The molecule has 1 aromatic carbocycles. The van der Waals surface area contributed by atoms with E-state index in [-0.39, 0.29) is 9.94 Å². The first-order chi connectivity index (χ1) is 10.6. The standard InChI is InChI=1S/C15H19N3O3S/c1-2-9-18-12-7-3-4-8-13(12)22(20,21)14(16-18)15(19)17-10-5-6-11-17/h3-4,7-8H,2,5-6,9-11H2,1H3. The van der Waals surface area contributed by atoms with Crippen molar-refractivity contribution in [2.45, 2.75) is 31.1 Å². The van der Waals surface area contributed by atoms with Gasteiger partial charge in [-0.1, -0.05) is 19.1 Å². The largest absolute Gasteiger partial charge is 0.337 e. The Morgan fingerprint density at radius 3 is 2.59 bits per heavy atom. The summed E-state index contributed by atoms with van der Waals surface area (Å²) in [6.45, 7) is 3.76. The van der Waals surface area contributed by atoms with Crippen LogP contribution in [0.2, 0.25) is 0 Å². The molecule has 0 atom stereocenters. The summed E-state index contributed by atoms with van der Waals surface area (Å²) in [4.78, 5) is 14.3. The zero-order valence-electron chi connectivity index (χ0n) is 12.5. The minimum Gasteiger partial charge on any atom is -0.337 e. The van der Waals surface area contributed by atoms with Crippen LogP contribution in [-0.4, -0.2) is 43.9 Å². The molecule has 1 aromatic rings. The number of para-hydroxylation sites is 1. The molecule has 0 spiro atoms. The quantitative estimate of drug-likeness (QED) is 0.848. The molecule has 2 aliphatic rings. The molecule has 1 fully saturated rings. The number of hydrogen-bond donors (Lipinski definition) is 0. The molecule has 7 heteroatoms. The maximum atomic E-state index is 12.7. The van der Waals surface area contributed by atoms with Crippen LogP contribution >= 0.6 is 0 Å². The summed E-state index contributed by atoms with van der Waals surface area (Å²) in [7, 11) is -3.85. The number of hydrogen-bond acceptors (Lipinski definition) is 5. The second-order valence-corrected chi connectivity index (χ2v) is 7.33. The zero-order valence-corrected chi connectivity index (χ0v) is 13.3. The molecule has 118 valence electrons. The number of benzene rings is 1. The van der Waals surface area contributed by atoms with Gasteiger partial charge in [0, 0.05) is 19.6 Å². The van der Waals surface area contributed by atoms with E-state index in [0.29, 0.717) is 25.3 Å². The monoisotopic (exact) mass is 321 g/mol. The number of nitrogens with zero attached hydrogens (tertiary/aromatic N) is 3. The molecule has 22 heavy (non-hydrogen) atoms. The molecule has 3 rings (SSSR count). The number of hydrazone groups is 1. The van der Waals surface area contributed by atoms with Gasteiger partial charge in [-0.2, -0.15) is 5.10 Å². The van der Waals surface area contributed by atoms with Crippen molar-refractivity contribution in [1.82, 2.24) is 4.90 Å². The van der Waals surface area contributed by atoms with Gasteiger partial charge in [-0.25, -0.2) is 8.42 Å². The van der Waals surface area contributed by atoms with Gasteiger partial charge in [0.05, 0.1) is 10.6 Å². The van der Waals surface area contributed by atoms with Gasteiger partial charge in [0.2, 0.25) is 14.9 Å². The summed E-state index contributed by atoms with van der Waals surface area (Å²) in [5.41, 5.74) is 0.544. The lowest BCUT2D eigenvalue weighted by molar-refractivity contribution is -0.122. The Labute approximate surface area is 130 Å². The topological polar surface area (TPSA) is 70.1 Å². The zero-order chi connectivity index (χ0) is 15.7. The van der Waals surface area contributed by atoms with E-state index in [1.165, 1.54) is 0 Å². The highest BCUT2D eigenvalue weighted by molar-refractivity contribution is 8.08. The van der Waals surface area contributed by atoms with Gasteiger partial charge in [0.25, 0.3) is 5.91 Å². The third kappa shape index (κ3) is 2.39. The highest BCUT2D eigenvalue weighted by Gasteiger charge is 2.39. The molecule has 0 aromatic heterocycles. The summed E-state index contributed by atoms with van der Waals surface area (Å²) < 4.78 is 25.5. The van der Waals surface area contributed by atoms with Crippen molar-refractivity contribution in [2.75, 3.05) is 24.6 Å². The van der Waals surface area contributed by atoms with Crippen molar-refractivity contribution in [2.24, 2.45) is 5.10 Å². The lowest BCUT2D eigenvalue weighted by Gasteiger charge is -2.28. The molecule has 0 radical (unpaired) electrons. The predicted octanol–water partition coefficient (Wildman–Crippen LogP) is 1.63. The number of amides is 1. The summed E-state index contributed by atoms with van der Waals surface area (Å²) in [6.07, 6.45) is 2.63. The smallest absolute Gasteiger partial charge is 0.286 e. The van der Waals surface area contributed by atoms with Crippen LogP contribution in [-0.2, 0) is 14.6 Å². The van der Waals surface area contributed by atoms with E-state index in [1.54, 1.807) is 34.2 Å². The Balaban J connectivity index is 2.07. The fourth-order valence-electron chi connectivity index (χ4n) is 2.81. The third-order valence-corrected chi connectivity index (χ3v) is 5.60. The van der Waals surface area contributed by atoms with Crippen LogP contribution < -0.4 is 5.01 Å². The molecular weight excluding hydrogens is 302 g/mol. The molecular formula is C15H19N3O3S. The number of fused-ring (bicyclic) bond motifs is 1. The van der Waals surface area contributed by atoms with Crippen LogP contribution in [0.4, 0.5) is 5.69 Å². The molecule has 2 aliphatic heterocycles. The summed E-state index contributed by atoms with van der Waals surface area (Å²) in [5, 5.41) is 5.46. The number of carbonyl (C=O) groups is 1. The second-order valence-electron chi connectivity index (χ2n) is 5.50. The normalized spacial score (nSPS) is 19.8. The Kier molecular flexibility index (Phi) is 3.90. The van der Waals surface area contributed by atoms with E-state index < -0.39 is 15.7 Å². The summed E-state index contributed by atoms with van der Waals surface area (Å²) in [6, 6.07) is 6.71. The first-order valence-electron chi connectivity index (χ1n) is 7.55. The molecule has 0 N–H and O–H groups in total. The van der Waals surface area contributed by atoms with E-state index >= 15 is 0 Å². The van der Waals surface area contributed by atoms with Gasteiger partial charge in [-0.3, -0.25) is 9.80 Å². The predicted molar refractivity (Wildman–Crippen MR) is 84.5 cm³/mol. The van der Waals surface area contributed by atoms with E-state index in [1.807, 2.05) is 6.92 Å². The average molecular weight is 321 g/mol. The van der Waals surface area contributed by atoms with Crippen LogP contribution in [0.3, 0.4) is 0 Å². The molecule has 0 aliphatic carbocycles. The summed E-state index contributed by atoms with van der Waals surface area (Å²) in [5.74, 6) is -0.479. The number of carbonyl (C=O) groups excluding carboxylic acids is 1. The van der Waals surface area contributed by atoms with Gasteiger partial charge < -0.3 is 4.90 Å². The minimum atomic E-state index is -3.85.